The van der Waals surface area contributed by atoms with Crippen LogP contribution in [-0.4, -0.2) is 37.9 Å². The van der Waals surface area contributed by atoms with Crippen LogP contribution >= 0.6 is 0 Å². The first kappa shape index (κ1) is 22.3. The molecule has 0 saturated heterocycles. The molecule has 0 saturated carbocycles. The summed E-state index contributed by atoms with van der Waals surface area (Å²) in [7, 11) is 4.59. The van der Waals surface area contributed by atoms with Crippen LogP contribution in [0.5, 0.6) is 17.2 Å². The molecule has 1 N–H and O–H groups in total. The molecule has 2 aliphatic rings. The molecule has 2 atom stereocenters. The third-order valence-corrected chi connectivity index (χ3v) is 6.20. The van der Waals surface area contributed by atoms with Gasteiger partial charge in [0.15, 0.2) is 17.3 Å². The maximum Gasteiger partial charge on any atom is 0.269 e. The SMILES string of the molecule is COc1cc([C@@H]2CC(=O)C3=C(C2)NC(=O)C[C@H]3c2ccc([N+](=O)[O-])cc2)cc(OC)c1OC. The number of ketones is 1. The molecule has 0 radical (unpaired) electrons. The number of benzene rings is 2. The summed E-state index contributed by atoms with van der Waals surface area (Å²) >= 11 is 0. The van der Waals surface area contributed by atoms with Crippen molar-refractivity contribution in [3.8, 4) is 17.2 Å². The minimum absolute atomic E-state index is 0.0364. The van der Waals surface area contributed by atoms with Gasteiger partial charge in [0.1, 0.15) is 0 Å². The first-order valence-corrected chi connectivity index (χ1v) is 10.5. The van der Waals surface area contributed by atoms with Crippen molar-refractivity contribution in [1.29, 1.82) is 0 Å². The molecule has 172 valence electrons. The Morgan fingerprint density at radius 1 is 0.909 bits per heavy atom. The topological polar surface area (TPSA) is 117 Å². The number of amides is 1. The van der Waals surface area contributed by atoms with E-state index >= 15 is 0 Å². The molecule has 1 heterocycles. The number of hydrogen-bond donors (Lipinski definition) is 1. The lowest BCUT2D eigenvalue weighted by Gasteiger charge is -2.34. The Balaban J connectivity index is 1.70. The van der Waals surface area contributed by atoms with Gasteiger partial charge in [-0.1, -0.05) is 12.1 Å². The van der Waals surface area contributed by atoms with Gasteiger partial charge in [-0.25, -0.2) is 0 Å². The molecule has 1 aliphatic heterocycles. The summed E-state index contributed by atoms with van der Waals surface area (Å²) in [6.07, 6.45) is 0.850. The van der Waals surface area contributed by atoms with Gasteiger partial charge in [0.05, 0.1) is 26.3 Å². The van der Waals surface area contributed by atoms with Crippen molar-refractivity contribution >= 4 is 17.4 Å². The fraction of sp³-hybridized carbons (Fsp3) is 0.333. The highest BCUT2D eigenvalue weighted by Crippen LogP contribution is 2.46. The van der Waals surface area contributed by atoms with Crippen LogP contribution in [0.4, 0.5) is 5.69 Å². The number of carbonyl (C=O) groups excluding carboxylic acids is 2. The molecule has 9 nitrogen and oxygen atoms in total. The number of nitrogens with zero attached hydrogens (tertiary/aromatic N) is 1. The predicted octanol–water partition coefficient (Wildman–Crippen LogP) is 3.62. The van der Waals surface area contributed by atoms with E-state index in [0.29, 0.717) is 40.5 Å². The summed E-state index contributed by atoms with van der Waals surface area (Å²) < 4.78 is 16.3. The first-order valence-electron chi connectivity index (χ1n) is 10.5. The Labute approximate surface area is 190 Å². The van der Waals surface area contributed by atoms with Crippen molar-refractivity contribution in [3.05, 3.63) is 68.9 Å². The summed E-state index contributed by atoms with van der Waals surface area (Å²) in [6, 6.07) is 9.67. The smallest absolute Gasteiger partial charge is 0.269 e. The van der Waals surface area contributed by atoms with Crippen LogP contribution in [0.3, 0.4) is 0 Å². The second-order valence-corrected chi connectivity index (χ2v) is 8.03. The van der Waals surface area contributed by atoms with Crippen molar-refractivity contribution in [3.63, 3.8) is 0 Å². The van der Waals surface area contributed by atoms with Gasteiger partial charge in [0, 0.05) is 42.2 Å². The highest BCUT2D eigenvalue weighted by molar-refractivity contribution is 6.02. The van der Waals surface area contributed by atoms with E-state index in [1.807, 2.05) is 12.1 Å². The summed E-state index contributed by atoms with van der Waals surface area (Å²) in [4.78, 5) is 36.3. The van der Waals surface area contributed by atoms with Gasteiger partial charge in [-0.2, -0.15) is 0 Å². The molecule has 2 aromatic carbocycles. The highest BCUT2D eigenvalue weighted by atomic mass is 16.6. The van der Waals surface area contributed by atoms with Gasteiger partial charge in [0.25, 0.3) is 5.69 Å². The molecule has 0 fully saturated rings. The molecule has 1 aliphatic carbocycles. The Morgan fingerprint density at radius 2 is 1.55 bits per heavy atom. The zero-order chi connectivity index (χ0) is 23.7. The van der Waals surface area contributed by atoms with Crippen LogP contribution in [0.2, 0.25) is 0 Å². The van der Waals surface area contributed by atoms with Crippen LogP contribution < -0.4 is 19.5 Å². The normalized spacial score (nSPS) is 20.1. The van der Waals surface area contributed by atoms with E-state index < -0.39 is 10.8 Å². The number of non-ortho nitro benzene ring substituents is 1. The third kappa shape index (κ3) is 4.13. The molecule has 0 aromatic heterocycles. The maximum absolute atomic E-state index is 13.3. The summed E-state index contributed by atoms with van der Waals surface area (Å²) in [5.41, 5.74) is 2.70. The number of ether oxygens (including phenoxy) is 3. The Morgan fingerprint density at radius 3 is 2.09 bits per heavy atom. The zero-order valence-corrected chi connectivity index (χ0v) is 18.5. The molecule has 2 aromatic rings. The van der Waals surface area contributed by atoms with E-state index in [9.17, 15) is 19.7 Å². The molecule has 0 spiro atoms. The first-order chi connectivity index (χ1) is 15.9. The van der Waals surface area contributed by atoms with Crippen LogP contribution in [0, 0.1) is 10.1 Å². The average Bonchev–Trinajstić information content (AvgIpc) is 2.82. The quantitative estimate of drug-likeness (QED) is 0.525. The van der Waals surface area contributed by atoms with Crippen LogP contribution in [0.15, 0.2) is 47.7 Å². The highest BCUT2D eigenvalue weighted by Gasteiger charge is 2.38. The lowest BCUT2D eigenvalue weighted by molar-refractivity contribution is -0.384. The third-order valence-electron chi connectivity index (χ3n) is 6.20. The van der Waals surface area contributed by atoms with Crippen molar-refractivity contribution in [2.24, 2.45) is 0 Å². The molecular formula is C24H24N2O7. The fourth-order valence-electron chi connectivity index (χ4n) is 4.65. The number of Topliss-reactive ketones (excluding diaryl/α,β-unsaturated/α-hetero) is 1. The minimum Gasteiger partial charge on any atom is -0.493 e. The number of nitrogens with one attached hydrogen (secondary N) is 1. The van der Waals surface area contributed by atoms with Crippen LogP contribution in [-0.2, 0) is 9.59 Å². The van der Waals surface area contributed by atoms with Gasteiger partial charge in [-0.15, -0.1) is 0 Å². The van der Waals surface area contributed by atoms with E-state index in [2.05, 4.69) is 5.32 Å². The molecule has 4 rings (SSSR count). The Bertz CT molecular complexity index is 1130. The summed E-state index contributed by atoms with van der Waals surface area (Å²) in [6.45, 7) is 0. The number of carbonyl (C=O) groups is 2. The van der Waals surface area contributed by atoms with Crippen LogP contribution in [0.1, 0.15) is 42.2 Å². The van der Waals surface area contributed by atoms with Crippen molar-refractivity contribution in [2.45, 2.75) is 31.1 Å². The largest absolute Gasteiger partial charge is 0.493 e. The van der Waals surface area contributed by atoms with Crippen molar-refractivity contribution in [2.75, 3.05) is 21.3 Å². The van der Waals surface area contributed by atoms with E-state index in [1.54, 1.807) is 12.1 Å². The lowest BCUT2D eigenvalue weighted by atomic mass is 9.73. The van der Waals surface area contributed by atoms with Crippen molar-refractivity contribution < 1.29 is 28.7 Å². The monoisotopic (exact) mass is 452 g/mol. The molecule has 1 amide bonds. The van der Waals surface area contributed by atoms with Gasteiger partial charge in [-0.3, -0.25) is 19.7 Å². The van der Waals surface area contributed by atoms with E-state index in [0.717, 1.165) is 5.56 Å². The number of rotatable bonds is 6. The van der Waals surface area contributed by atoms with E-state index in [4.69, 9.17) is 14.2 Å². The molecule has 9 heteroatoms. The average molecular weight is 452 g/mol. The molecule has 33 heavy (non-hydrogen) atoms. The number of allylic oxidation sites excluding steroid dienone is 2. The fourth-order valence-corrected chi connectivity index (χ4v) is 4.65. The molecule has 0 bridgehead atoms. The van der Waals surface area contributed by atoms with Gasteiger partial charge in [0.2, 0.25) is 11.7 Å². The summed E-state index contributed by atoms with van der Waals surface area (Å²) in [5, 5.41) is 13.9. The number of hydrogen-bond acceptors (Lipinski definition) is 7. The number of nitro benzene ring substituents is 1. The number of methoxy groups -OCH3 is 3. The lowest BCUT2D eigenvalue weighted by Crippen LogP contribution is -2.38. The maximum atomic E-state index is 13.3. The Kier molecular flexibility index (Phi) is 6.04. The summed E-state index contributed by atoms with van der Waals surface area (Å²) in [5.74, 6) is 0.610. The predicted molar refractivity (Wildman–Crippen MR) is 119 cm³/mol. The minimum atomic E-state index is -0.476. The second kappa shape index (κ2) is 8.93. The van der Waals surface area contributed by atoms with Crippen molar-refractivity contribution in [1.82, 2.24) is 5.32 Å². The van der Waals surface area contributed by atoms with Gasteiger partial charge < -0.3 is 19.5 Å². The zero-order valence-electron chi connectivity index (χ0n) is 18.5. The van der Waals surface area contributed by atoms with Crippen LogP contribution in [0.25, 0.3) is 0 Å². The van der Waals surface area contributed by atoms with Gasteiger partial charge >= 0.3 is 0 Å². The number of nitro groups is 1. The standard InChI is InChI=1S/C24H24N2O7/c1-31-20-10-15(11-21(32-2)24(20)33-3)14-8-18-23(19(27)9-14)17(12-22(28)25-18)13-4-6-16(7-5-13)26(29)30/h4-7,10-11,14,17H,8-9,12H2,1-3H3,(H,25,28)/t14-,17-/m0/s1. The molecule has 0 unspecified atom stereocenters. The Hall–Kier alpha value is -3.88. The van der Waals surface area contributed by atoms with E-state index in [1.165, 1.54) is 33.5 Å². The van der Waals surface area contributed by atoms with Gasteiger partial charge in [-0.05, 0) is 35.6 Å². The molecular weight excluding hydrogens is 428 g/mol. The van der Waals surface area contributed by atoms with E-state index in [-0.39, 0.29) is 36.1 Å². The second-order valence-electron chi connectivity index (χ2n) is 8.03.